The van der Waals surface area contributed by atoms with Crippen LogP contribution in [0.2, 0.25) is 0 Å². The molecular weight excluding hydrogens is 442 g/mol. The predicted octanol–water partition coefficient (Wildman–Crippen LogP) is 2.71. The Bertz CT molecular complexity index is 1040. The highest BCUT2D eigenvalue weighted by Crippen LogP contribution is 2.22. The van der Waals surface area contributed by atoms with E-state index in [4.69, 9.17) is 4.74 Å². The smallest absolute Gasteiger partial charge is 0.242 e. The van der Waals surface area contributed by atoms with Gasteiger partial charge in [0.15, 0.2) is 0 Å². The summed E-state index contributed by atoms with van der Waals surface area (Å²) in [6.45, 7) is 4.10. The summed E-state index contributed by atoms with van der Waals surface area (Å²) in [7, 11) is -0.466. The number of nitrogens with one attached hydrogen (secondary N) is 1. The van der Waals surface area contributed by atoms with Gasteiger partial charge in [0.1, 0.15) is 11.8 Å². The van der Waals surface area contributed by atoms with Crippen molar-refractivity contribution < 1.29 is 22.7 Å². The van der Waals surface area contributed by atoms with Gasteiger partial charge in [0.25, 0.3) is 0 Å². The van der Waals surface area contributed by atoms with Crippen molar-refractivity contribution in [3.63, 3.8) is 0 Å². The van der Waals surface area contributed by atoms with Crippen molar-refractivity contribution in [3.8, 4) is 5.75 Å². The molecule has 0 radical (unpaired) electrons. The van der Waals surface area contributed by atoms with Gasteiger partial charge in [-0.25, -0.2) is 8.42 Å². The fraction of sp³-hybridized carbons (Fsp3) is 0.417. The van der Waals surface area contributed by atoms with Gasteiger partial charge in [-0.15, -0.1) is 0 Å². The van der Waals surface area contributed by atoms with Crippen LogP contribution in [0, 0.1) is 6.92 Å². The topological polar surface area (TPSA) is 96.0 Å². The zero-order valence-corrected chi connectivity index (χ0v) is 20.7. The molecule has 0 saturated heterocycles. The molecule has 2 rings (SSSR count). The molecule has 1 unspecified atom stereocenters. The lowest BCUT2D eigenvalue weighted by atomic mass is 10.1. The highest BCUT2D eigenvalue weighted by molar-refractivity contribution is 7.92. The van der Waals surface area contributed by atoms with Crippen LogP contribution >= 0.6 is 0 Å². The maximum absolute atomic E-state index is 13.1. The van der Waals surface area contributed by atoms with Crippen molar-refractivity contribution >= 4 is 27.5 Å². The Labute approximate surface area is 196 Å². The Morgan fingerprint density at radius 2 is 1.67 bits per heavy atom. The second-order valence-corrected chi connectivity index (χ2v) is 9.84. The maximum atomic E-state index is 13.1. The fourth-order valence-electron chi connectivity index (χ4n) is 3.43. The van der Waals surface area contributed by atoms with Gasteiger partial charge >= 0.3 is 0 Å². The molecule has 1 N–H and O–H groups in total. The summed E-state index contributed by atoms with van der Waals surface area (Å²) >= 11 is 0. The lowest BCUT2D eigenvalue weighted by Gasteiger charge is -2.29. The quantitative estimate of drug-likeness (QED) is 0.539. The summed E-state index contributed by atoms with van der Waals surface area (Å²) in [5, 5.41) is 2.59. The van der Waals surface area contributed by atoms with E-state index >= 15 is 0 Å². The number of anilines is 1. The molecule has 8 nitrogen and oxygen atoms in total. The van der Waals surface area contributed by atoms with Gasteiger partial charge in [0, 0.05) is 26.6 Å². The molecule has 0 heterocycles. The number of hydrogen-bond acceptors (Lipinski definition) is 5. The summed E-state index contributed by atoms with van der Waals surface area (Å²) in [5.41, 5.74) is 2.53. The van der Waals surface area contributed by atoms with E-state index < -0.39 is 16.1 Å². The largest absolute Gasteiger partial charge is 0.497 e. The predicted molar refractivity (Wildman–Crippen MR) is 130 cm³/mol. The van der Waals surface area contributed by atoms with Crippen molar-refractivity contribution in [3.05, 3.63) is 59.7 Å². The number of amides is 2. The molecule has 2 amide bonds. The van der Waals surface area contributed by atoms with Crippen LogP contribution in [0.4, 0.5) is 5.69 Å². The van der Waals surface area contributed by atoms with Gasteiger partial charge in [-0.2, -0.15) is 0 Å². The Morgan fingerprint density at radius 3 is 2.18 bits per heavy atom. The minimum atomic E-state index is -3.54. The number of carbonyl (C=O) groups excluding carboxylic acids is 2. The van der Waals surface area contributed by atoms with Crippen LogP contribution in [0.25, 0.3) is 0 Å². The normalized spacial score (nSPS) is 12.0. The van der Waals surface area contributed by atoms with Crippen LogP contribution in [-0.2, 0) is 26.2 Å². The first-order valence-electron chi connectivity index (χ1n) is 10.7. The Morgan fingerprint density at radius 1 is 1.06 bits per heavy atom. The van der Waals surface area contributed by atoms with Crippen LogP contribution in [0.5, 0.6) is 5.75 Å². The molecule has 0 aliphatic rings. The highest BCUT2D eigenvalue weighted by Gasteiger charge is 2.26. The number of hydrogen-bond donors (Lipinski definition) is 1. The van der Waals surface area contributed by atoms with Crippen molar-refractivity contribution in [2.45, 2.75) is 39.3 Å². The lowest BCUT2D eigenvalue weighted by Crippen LogP contribution is -2.46. The van der Waals surface area contributed by atoms with E-state index in [9.17, 15) is 18.0 Å². The van der Waals surface area contributed by atoms with E-state index in [1.165, 1.54) is 23.4 Å². The van der Waals surface area contributed by atoms with Crippen molar-refractivity contribution in [2.75, 3.05) is 31.3 Å². The van der Waals surface area contributed by atoms with E-state index in [0.717, 1.165) is 17.4 Å². The summed E-state index contributed by atoms with van der Waals surface area (Å²) in [4.78, 5) is 26.9. The maximum Gasteiger partial charge on any atom is 0.242 e. The number of sulfonamides is 1. The van der Waals surface area contributed by atoms with E-state index in [-0.39, 0.29) is 24.8 Å². The molecule has 0 aliphatic heterocycles. The summed E-state index contributed by atoms with van der Waals surface area (Å²) in [6, 6.07) is 13.8. The van der Waals surface area contributed by atoms with Crippen LogP contribution < -0.4 is 14.4 Å². The molecule has 2 aromatic carbocycles. The second kappa shape index (κ2) is 11.7. The number of aryl methyl sites for hydroxylation is 1. The van der Waals surface area contributed by atoms with E-state index in [2.05, 4.69) is 5.32 Å². The molecule has 0 bridgehead atoms. The van der Waals surface area contributed by atoms with Crippen molar-refractivity contribution in [1.82, 2.24) is 10.2 Å². The Hall–Kier alpha value is -3.07. The Kier molecular flexibility index (Phi) is 9.28. The molecule has 1 atom stereocenters. The number of ether oxygens (including phenoxy) is 1. The number of methoxy groups -OCH3 is 1. The standard InChI is InChI=1S/C24H33N3O5S/c1-18-8-10-20(11-9-18)17-26(19(2)24(29)25-3)23(28)7-6-16-27(33(5,30)31)21-12-14-22(32-4)15-13-21/h8-15,19H,6-7,16-17H2,1-5H3,(H,25,29). The van der Waals surface area contributed by atoms with Crippen LogP contribution in [0.3, 0.4) is 0 Å². The molecule has 0 saturated carbocycles. The molecule has 0 aromatic heterocycles. The number of rotatable bonds is 11. The first-order chi connectivity index (χ1) is 15.6. The number of likely N-dealkylation sites (N-methyl/N-ethyl adjacent to an activating group) is 1. The van der Waals surface area contributed by atoms with E-state index in [1.807, 2.05) is 31.2 Å². The van der Waals surface area contributed by atoms with Crippen molar-refractivity contribution in [1.29, 1.82) is 0 Å². The molecule has 2 aromatic rings. The van der Waals surface area contributed by atoms with Gasteiger partial charge < -0.3 is 15.0 Å². The fourth-order valence-corrected chi connectivity index (χ4v) is 4.40. The van der Waals surface area contributed by atoms with Crippen LogP contribution in [0.1, 0.15) is 30.9 Å². The van der Waals surface area contributed by atoms with Gasteiger partial charge in [0.2, 0.25) is 21.8 Å². The molecule has 0 fully saturated rings. The third-order valence-corrected chi connectivity index (χ3v) is 6.59. The molecule has 0 aliphatic carbocycles. The third-order valence-electron chi connectivity index (χ3n) is 5.40. The second-order valence-electron chi connectivity index (χ2n) is 7.93. The zero-order chi connectivity index (χ0) is 24.6. The zero-order valence-electron chi connectivity index (χ0n) is 19.9. The minimum absolute atomic E-state index is 0.107. The minimum Gasteiger partial charge on any atom is -0.497 e. The monoisotopic (exact) mass is 475 g/mol. The van der Waals surface area contributed by atoms with Crippen molar-refractivity contribution in [2.24, 2.45) is 0 Å². The molecular formula is C24H33N3O5S. The average Bonchev–Trinajstić information content (AvgIpc) is 2.79. The SMILES string of the molecule is CNC(=O)C(C)N(Cc1ccc(C)cc1)C(=O)CCCN(c1ccc(OC)cc1)S(C)(=O)=O. The van der Waals surface area contributed by atoms with Gasteiger partial charge in [0.05, 0.1) is 19.1 Å². The lowest BCUT2D eigenvalue weighted by molar-refractivity contribution is -0.140. The van der Waals surface area contributed by atoms with Gasteiger partial charge in [-0.3, -0.25) is 13.9 Å². The van der Waals surface area contributed by atoms with Crippen LogP contribution in [0.15, 0.2) is 48.5 Å². The molecule has 9 heteroatoms. The highest BCUT2D eigenvalue weighted by atomic mass is 32.2. The molecule has 0 spiro atoms. The van der Waals surface area contributed by atoms with Crippen LogP contribution in [-0.4, -0.2) is 58.1 Å². The first kappa shape index (κ1) is 26.2. The van der Waals surface area contributed by atoms with Gasteiger partial charge in [-0.1, -0.05) is 29.8 Å². The molecule has 33 heavy (non-hydrogen) atoms. The molecule has 180 valence electrons. The first-order valence-corrected chi connectivity index (χ1v) is 12.6. The number of carbonyl (C=O) groups is 2. The Balaban J connectivity index is 2.12. The summed E-state index contributed by atoms with van der Waals surface area (Å²) in [5.74, 6) is 0.152. The van der Waals surface area contributed by atoms with E-state index in [0.29, 0.717) is 24.4 Å². The van der Waals surface area contributed by atoms with Gasteiger partial charge in [-0.05, 0) is 50.1 Å². The third kappa shape index (κ3) is 7.49. The summed E-state index contributed by atoms with van der Waals surface area (Å²) in [6.07, 6.45) is 1.55. The number of nitrogens with zero attached hydrogens (tertiary/aromatic N) is 2. The average molecular weight is 476 g/mol. The number of benzene rings is 2. The van der Waals surface area contributed by atoms with E-state index in [1.54, 1.807) is 31.2 Å². The summed E-state index contributed by atoms with van der Waals surface area (Å²) < 4.78 is 31.1.